The SMILES string of the molecule is C=CC(=O)Nc1ccc(C(=O)N2C[C@@H](C)OC(C)(C)C2)cc1. The standard InChI is InChI=1S/C17H22N2O3/c1-5-15(20)18-14-8-6-13(7-9-14)16(21)19-10-12(2)22-17(3,4)11-19/h5-9,12H,1,10-11H2,2-4H3,(H,18,20)/t12-/m1/s1. The minimum absolute atomic E-state index is 0.0128. The van der Waals surface area contributed by atoms with Gasteiger partial charge >= 0.3 is 0 Å². The van der Waals surface area contributed by atoms with Crippen LogP contribution in [0.5, 0.6) is 0 Å². The number of anilines is 1. The number of nitrogens with zero attached hydrogens (tertiary/aromatic N) is 1. The molecule has 2 amide bonds. The molecule has 0 radical (unpaired) electrons. The maximum atomic E-state index is 12.6. The van der Waals surface area contributed by atoms with Gasteiger partial charge in [-0.1, -0.05) is 6.58 Å². The van der Waals surface area contributed by atoms with Crippen molar-refractivity contribution in [3.63, 3.8) is 0 Å². The van der Waals surface area contributed by atoms with E-state index in [1.165, 1.54) is 6.08 Å². The van der Waals surface area contributed by atoms with Crippen molar-refractivity contribution in [3.8, 4) is 0 Å². The van der Waals surface area contributed by atoms with Crippen LogP contribution in [0.1, 0.15) is 31.1 Å². The largest absolute Gasteiger partial charge is 0.369 e. The summed E-state index contributed by atoms with van der Waals surface area (Å²) < 4.78 is 5.81. The Morgan fingerprint density at radius 2 is 2.00 bits per heavy atom. The lowest BCUT2D eigenvalue weighted by atomic mass is 10.0. The van der Waals surface area contributed by atoms with Crippen LogP contribution in [-0.4, -0.2) is 41.5 Å². The summed E-state index contributed by atoms with van der Waals surface area (Å²) in [5.74, 6) is -0.298. The van der Waals surface area contributed by atoms with E-state index in [1.807, 2.05) is 25.7 Å². The number of hydrogen-bond donors (Lipinski definition) is 1. The van der Waals surface area contributed by atoms with Crippen molar-refractivity contribution in [2.24, 2.45) is 0 Å². The lowest BCUT2D eigenvalue weighted by Gasteiger charge is -2.41. The summed E-state index contributed by atoms with van der Waals surface area (Å²) in [6, 6.07) is 6.86. The molecule has 1 aliphatic heterocycles. The van der Waals surface area contributed by atoms with Gasteiger partial charge in [0, 0.05) is 24.3 Å². The Morgan fingerprint density at radius 1 is 1.36 bits per heavy atom. The van der Waals surface area contributed by atoms with Gasteiger partial charge in [0.25, 0.3) is 5.91 Å². The van der Waals surface area contributed by atoms with Crippen molar-refractivity contribution in [1.82, 2.24) is 4.90 Å². The molecule has 1 atom stereocenters. The summed E-state index contributed by atoms with van der Waals surface area (Å²) >= 11 is 0. The van der Waals surface area contributed by atoms with Gasteiger partial charge in [-0.05, 0) is 51.1 Å². The van der Waals surface area contributed by atoms with Gasteiger partial charge in [0.05, 0.1) is 11.7 Å². The molecule has 22 heavy (non-hydrogen) atoms. The van der Waals surface area contributed by atoms with Crippen LogP contribution in [0.15, 0.2) is 36.9 Å². The van der Waals surface area contributed by atoms with Crippen LogP contribution in [0.3, 0.4) is 0 Å². The second-order valence-electron chi connectivity index (χ2n) is 6.14. The zero-order chi connectivity index (χ0) is 16.3. The first-order valence-electron chi connectivity index (χ1n) is 7.31. The molecule has 0 aliphatic carbocycles. The van der Waals surface area contributed by atoms with Crippen molar-refractivity contribution >= 4 is 17.5 Å². The van der Waals surface area contributed by atoms with Gasteiger partial charge in [-0.2, -0.15) is 0 Å². The molecule has 0 spiro atoms. The molecule has 1 aromatic carbocycles. The van der Waals surface area contributed by atoms with Crippen molar-refractivity contribution in [2.45, 2.75) is 32.5 Å². The smallest absolute Gasteiger partial charge is 0.254 e. The summed E-state index contributed by atoms with van der Waals surface area (Å²) in [6.07, 6.45) is 1.22. The van der Waals surface area contributed by atoms with E-state index in [0.717, 1.165) is 0 Å². The van der Waals surface area contributed by atoms with Crippen molar-refractivity contribution < 1.29 is 14.3 Å². The van der Waals surface area contributed by atoms with Crippen LogP contribution >= 0.6 is 0 Å². The Kier molecular flexibility index (Phi) is 4.66. The first-order valence-corrected chi connectivity index (χ1v) is 7.31. The zero-order valence-electron chi connectivity index (χ0n) is 13.3. The predicted molar refractivity (Wildman–Crippen MR) is 85.8 cm³/mol. The molecule has 5 heteroatoms. The van der Waals surface area contributed by atoms with Crippen LogP contribution in [0.4, 0.5) is 5.69 Å². The Balaban J connectivity index is 2.09. The summed E-state index contributed by atoms with van der Waals surface area (Å²) in [7, 11) is 0. The number of carbonyl (C=O) groups excluding carboxylic acids is 2. The minimum Gasteiger partial charge on any atom is -0.369 e. The van der Waals surface area contributed by atoms with Gasteiger partial charge in [0.2, 0.25) is 5.91 Å². The molecule has 118 valence electrons. The molecule has 1 aliphatic rings. The van der Waals surface area contributed by atoms with Gasteiger partial charge in [-0.3, -0.25) is 9.59 Å². The topological polar surface area (TPSA) is 58.6 Å². The number of carbonyl (C=O) groups is 2. The van der Waals surface area contributed by atoms with Gasteiger partial charge in [0.15, 0.2) is 0 Å². The average Bonchev–Trinajstić information content (AvgIpc) is 2.45. The number of hydrogen-bond acceptors (Lipinski definition) is 3. The number of ether oxygens (including phenoxy) is 1. The number of amides is 2. The summed E-state index contributed by atoms with van der Waals surface area (Å²) in [4.78, 5) is 25.6. The summed E-state index contributed by atoms with van der Waals surface area (Å²) in [6.45, 7) is 10.5. The maximum absolute atomic E-state index is 12.6. The van der Waals surface area contributed by atoms with Gasteiger partial charge in [0.1, 0.15) is 0 Å². The molecule has 1 N–H and O–H groups in total. The Hall–Kier alpha value is -2.14. The van der Waals surface area contributed by atoms with E-state index in [2.05, 4.69) is 11.9 Å². The minimum atomic E-state index is -0.342. The molecular formula is C17H22N2O3. The van der Waals surface area contributed by atoms with E-state index in [4.69, 9.17) is 4.74 Å². The average molecular weight is 302 g/mol. The van der Waals surface area contributed by atoms with Crippen LogP contribution in [0, 0.1) is 0 Å². The molecule has 0 saturated carbocycles. The van der Waals surface area contributed by atoms with Crippen molar-refractivity contribution in [3.05, 3.63) is 42.5 Å². The number of nitrogens with one attached hydrogen (secondary N) is 1. The molecule has 0 bridgehead atoms. The number of rotatable bonds is 3. The lowest BCUT2D eigenvalue weighted by molar-refractivity contribution is -0.118. The fraction of sp³-hybridized carbons (Fsp3) is 0.412. The molecular weight excluding hydrogens is 280 g/mol. The van der Waals surface area contributed by atoms with Crippen LogP contribution in [0.2, 0.25) is 0 Å². The van der Waals surface area contributed by atoms with E-state index in [0.29, 0.717) is 24.3 Å². The molecule has 1 heterocycles. The highest BCUT2D eigenvalue weighted by atomic mass is 16.5. The molecule has 0 unspecified atom stereocenters. The predicted octanol–water partition coefficient (Wildman–Crippen LogP) is 2.45. The molecule has 5 nitrogen and oxygen atoms in total. The normalized spacial score (nSPS) is 20.3. The summed E-state index contributed by atoms with van der Waals surface area (Å²) in [5.41, 5.74) is 0.893. The van der Waals surface area contributed by atoms with E-state index in [9.17, 15) is 9.59 Å². The maximum Gasteiger partial charge on any atom is 0.254 e. The van der Waals surface area contributed by atoms with E-state index in [1.54, 1.807) is 24.3 Å². The molecule has 0 aromatic heterocycles. The number of benzene rings is 1. The van der Waals surface area contributed by atoms with Gasteiger partial charge < -0.3 is 15.0 Å². The second-order valence-corrected chi connectivity index (χ2v) is 6.14. The van der Waals surface area contributed by atoms with Crippen LogP contribution in [0.25, 0.3) is 0 Å². The number of morpholine rings is 1. The first-order chi connectivity index (χ1) is 10.3. The first kappa shape index (κ1) is 16.2. The highest BCUT2D eigenvalue weighted by molar-refractivity contribution is 5.99. The Bertz CT molecular complexity index is 578. The second kappa shape index (κ2) is 6.32. The molecule has 1 fully saturated rings. The van der Waals surface area contributed by atoms with E-state index in [-0.39, 0.29) is 23.5 Å². The fourth-order valence-corrected chi connectivity index (χ4v) is 2.68. The zero-order valence-corrected chi connectivity index (χ0v) is 13.3. The Labute approximate surface area is 130 Å². The van der Waals surface area contributed by atoms with Crippen LogP contribution < -0.4 is 5.32 Å². The highest BCUT2D eigenvalue weighted by Crippen LogP contribution is 2.22. The molecule has 1 aromatic rings. The third-order valence-corrected chi connectivity index (χ3v) is 3.44. The molecule has 1 saturated heterocycles. The lowest BCUT2D eigenvalue weighted by Crippen LogP contribution is -2.53. The molecule has 2 rings (SSSR count). The third kappa shape index (κ3) is 3.95. The monoisotopic (exact) mass is 302 g/mol. The van der Waals surface area contributed by atoms with Crippen molar-refractivity contribution in [1.29, 1.82) is 0 Å². The summed E-state index contributed by atoms with van der Waals surface area (Å²) in [5, 5.41) is 2.66. The fourth-order valence-electron chi connectivity index (χ4n) is 2.68. The third-order valence-electron chi connectivity index (χ3n) is 3.44. The van der Waals surface area contributed by atoms with Crippen LogP contribution in [-0.2, 0) is 9.53 Å². The van der Waals surface area contributed by atoms with E-state index < -0.39 is 0 Å². The Morgan fingerprint density at radius 3 is 2.55 bits per heavy atom. The van der Waals surface area contributed by atoms with Gasteiger partial charge in [-0.15, -0.1) is 0 Å². The van der Waals surface area contributed by atoms with Crippen molar-refractivity contribution in [2.75, 3.05) is 18.4 Å². The van der Waals surface area contributed by atoms with E-state index >= 15 is 0 Å². The highest BCUT2D eigenvalue weighted by Gasteiger charge is 2.33. The quantitative estimate of drug-likeness (QED) is 0.873. The van der Waals surface area contributed by atoms with Gasteiger partial charge in [-0.25, -0.2) is 0 Å².